The summed E-state index contributed by atoms with van der Waals surface area (Å²) in [6.07, 6.45) is 0.999. The van der Waals surface area contributed by atoms with Crippen molar-refractivity contribution in [3.8, 4) is 0 Å². The van der Waals surface area contributed by atoms with Gasteiger partial charge in [-0.2, -0.15) is 0 Å². The summed E-state index contributed by atoms with van der Waals surface area (Å²) in [6, 6.07) is 11.3. The molecule has 0 saturated carbocycles. The molecule has 71 valence electrons. The van der Waals surface area contributed by atoms with Crippen LogP contribution in [0.2, 0.25) is 0 Å². The predicted octanol–water partition coefficient (Wildman–Crippen LogP) is 2.43. The van der Waals surface area contributed by atoms with Gasteiger partial charge in [0.2, 0.25) is 0 Å². The third kappa shape index (κ3) is 4.09. The van der Waals surface area contributed by atoms with Crippen LogP contribution in [-0.2, 0) is 6.42 Å². The molecule has 1 nitrogen and oxygen atoms in total. The average Bonchev–Trinajstić information content (AvgIpc) is 2.04. The normalized spacial score (nSPS) is 13.2. The fourth-order valence-electron chi connectivity index (χ4n) is 1.43. The Labute approximate surface area is 81.2 Å². The summed E-state index contributed by atoms with van der Waals surface area (Å²) >= 11 is 0. The van der Waals surface area contributed by atoms with E-state index in [0.29, 0.717) is 12.1 Å². The van der Waals surface area contributed by atoms with Crippen LogP contribution < -0.4 is 5.32 Å². The number of hydrogen-bond acceptors (Lipinski definition) is 1. The van der Waals surface area contributed by atoms with Gasteiger partial charge < -0.3 is 5.32 Å². The maximum Gasteiger partial charge on any atom is 0.0110 e. The molecule has 0 bridgehead atoms. The molecule has 1 heteroatoms. The molecule has 1 aromatic carbocycles. The summed E-state index contributed by atoms with van der Waals surface area (Å²) in [5.74, 6) is 0. The van der Waals surface area contributed by atoms with Crippen LogP contribution >= 0.6 is 0 Å². The van der Waals surface area contributed by atoms with Crippen molar-refractivity contribution in [2.75, 3.05) is 0 Å². The van der Waals surface area contributed by atoms with Crippen molar-refractivity contribution in [2.24, 2.45) is 0 Å². The molecule has 0 aliphatic heterocycles. The van der Waals surface area contributed by atoms with E-state index in [4.69, 9.17) is 0 Å². The van der Waals surface area contributed by atoms with Crippen molar-refractivity contribution < 1.29 is 0 Å². The van der Waals surface area contributed by atoms with Gasteiger partial charge in [0.05, 0.1) is 0 Å². The second-order valence-corrected chi connectivity index (χ2v) is 3.71. The molecule has 1 N–H and O–H groups in total. The van der Waals surface area contributed by atoms with E-state index in [2.05, 4.69) is 50.4 Å². The highest BCUT2D eigenvalue weighted by atomic mass is 14.9. The number of hydrogen-bond donors (Lipinski definition) is 1. The Hall–Kier alpha value is -0.820. The van der Waals surface area contributed by atoms with E-state index in [9.17, 15) is 0 Å². The van der Waals surface area contributed by atoms with E-state index in [1.807, 2.05) is 6.07 Å². The van der Waals surface area contributed by atoms with Crippen LogP contribution in [-0.4, -0.2) is 12.1 Å². The SMILES string of the molecule is [CH2]C(Cc1ccccc1)NC(C)C. The fraction of sp³-hybridized carbons (Fsp3) is 0.417. The Bertz CT molecular complexity index is 228. The molecule has 0 heterocycles. The molecule has 1 atom stereocenters. The summed E-state index contributed by atoms with van der Waals surface area (Å²) in [7, 11) is 0. The van der Waals surface area contributed by atoms with Gasteiger partial charge in [0, 0.05) is 12.1 Å². The molecule has 0 aliphatic rings. The van der Waals surface area contributed by atoms with E-state index in [0.717, 1.165) is 6.42 Å². The lowest BCUT2D eigenvalue weighted by atomic mass is 10.1. The fourth-order valence-corrected chi connectivity index (χ4v) is 1.43. The maximum atomic E-state index is 4.06. The topological polar surface area (TPSA) is 12.0 Å². The molecule has 0 spiro atoms. The molecular weight excluding hydrogens is 158 g/mol. The molecule has 0 amide bonds. The standard InChI is InChI=1S/C12H18N/c1-10(2)13-11(3)9-12-7-5-4-6-8-12/h4-8,10-11,13H,3,9H2,1-2H3. The highest BCUT2D eigenvalue weighted by Crippen LogP contribution is 2.02. The lowest BCUT2D eigenvalue weighted by molar-refractivity contribution is 0.518. The van der Waals surface area contributed by atoms with E-state index < -0.39 is 0 Å². The first kappa shape index (κ1) is 10.3. The second-order valence-electron chi connectivity index (χ2n) is 3.71. The molecule has 0 saturated heterocycles. The third-order valence-electron chi connectivity index (χ3n) is 1.89. The molecule has 1 aromatic rings. The highest BCUT2D eigenvalue weighted by molar-refractivity contribution is 5.16. The third-order valence-corrected chi connectivity index (χ3v) is 1.89. The van der Waals surface area contributed by atoms with Crippen LogP contribution in [0, 0.1) is 6.92 Å². The minimum Gasteiger partial charge on any atom is -0.311 e. The summed E-state index contributed by atoms with van der Waals surface area (Å²) in [6.45, 7) is 8.35. The molecule has 1 radical (unpaired) electrons. The van der Waals surface area contributed by atoms with Crippen molar-refractivity contribution in [3.63, 3.8) is 0 Å². The smallest absolute Gasteiger partial charge is 0.0110 e. The van der Waals surface area contributed by atoms with Gasteiger partial charge in [0.25, 0.3) is 0 Å². The van der Waals surface area contributed by atoms with E-state index in [1.54, 1.807) is 0 Å². The minimum absolute atomic E-state index is 0.308. The van der Waals surface area contributed by atoms with E-state index in [1.165, 1.54) is 5.56 Å². The first-order valence-corrected chi connectivity index (χ1v) is 4.81. The predicted molar refractivity (Wildman–Crippen MR) is 57.6 cm³/mol. The average molecular weight is 176 g/mol. The Balaban J connectivity index is 2.41. The summed E-state index contributed by atoms with van der Waals surface area (Å²) in [4.78, 5) is 0. The second kappa shape index (κ2) is 5.03. The zero-order valence-corrected chi connectivity index (χ0v) is 8.46. The quantitative estimate of drug-likeness (QED) is 0.743. The lowest BCUT2D eigenvalue weighted by Gasteiger charge is -2.16. The van der Waals surface area contributed by atoms with E-state index >= 15 is 0 Å². The van der Waals surface area contributed by atoms with Crippen LogP contribution in [0.1, 0.15) is 19.4 Å². The van der Waals surface area contributed by atoms with Gasteiger partial charge >= 0.3 is 0 Å². The Kier molecular flexibility index (Phi) is 3.97. The Morgan fingerprint density at radius 3 is 2.38 bits per heavy atom. The van der Waals surface area contributed by atoms with Gasteiger partial charge in [-0.3, -0.25) is 0 Å². The number of benzene rings is 1. The zero-order valence-electron chi connectivity index (χ0n) is 8.46. The first-order chi connectivity index (χ1) is 6.18. The highest BCUT2D eigenvalue weighted by Gasteiger charge is 2.03. The van der Waals surface area contributed by atoms with Crippen molar-refractivity contribution in [1.29, 1.82) is 0 Å². The van der Waals surface area contributed by atoms with Gasteiger partial charge in [-0.15, -0.1) is 0 Å². The zero-order chi connectivity index (χ0) is 9.68. The van der Waals surface area contributed by atoms with Crippen molar-refractivity contribution in [2.45, 2.75) is 32.4 Å². The molecular formula is C12H18N. The van der Waals surface area contributed by atoms with Gasteiger partial charge in [0.15, 0.2) is 0 Å². The van der Waals surface area contributed by atoms with Crippen LogP contribution in [0.4, 0.5) is 0 Å². The van der Waals surface area contributed by atoms with Crippen LogP contribution in [0.5, 0.6) is 0 Å². The number of rotatable bonds is 4. The largest absolute Gasteiger partial charge is 0.311 e. The van der Waals surface area contributed by atoms with Gasteiger partial charge in [0.1, 0.15) is 0 Å². The lowest BCUT2D eigenvalue weighted by Crippen LogP contribution is -2.34. The molecule has 1 unspecified atom stereocenters. The summed E-state index contributed by atoms with van der Waals surface area (Å²) < 4.78 is 0. The first-order valence-electron chi connectivity index (χ1n) is 4.81. The van der Waals surface area contributed by atoms with Crippen LogP contribution in [0.3, 0.4) is 0 Å². The van der Waals surface area contributed by atoms with E-state index in [-0.39, 0.29) is 0 Å². The monoisotopic (exact) mass is 176 g/mol. The Morgan fingerprint density at radius 2 is 1.85 bits per heavy atom. The Morgan fingerprint density at radius 1 is 1.23 bits per heavy atom. The molecule has 0 fully saturated rings. The van der Waals surface area contributed by atoms with Gasteiger partial charge in [-0.25, -0.2) is 0 Å². The molecule has 1 rings (SSSR count). The summed E-state index contributed by atoms with van der Waals surface area (Å²) in [5.41, 5.74) is 1.34. The number of nitrogens with one attached hydrogen (secondary N) is 1. The van der Waals surface area contributed by atoms with Gasteiger partial charge in [-0.1, -0.05) is 44.2 Å². The minimum atomic E-state index is 0.308. The maximum absolute atomic E-state index is 4.06. The van der Waals surface area contributed by atoms with Gasteiger partial charge in [-0.05, 0) is 18.9 Å². The molecule has 13 heavy (non-hydrogen) atoms. The van der Waals surface area contributed by atoms with Crippen LogP contribution in [0.15, 0.2) is 30.3 Å². The summed E-state index contributed by atoms with van der Waals surface area (Å²) in [5, 5.41) is 3.38. The van der Waals surface area contributed by atoms with Crippen molar-refractivity contribution in [3.05, 3.63) is 42.8 Å². The van der Waals surface area contributed by atoms with Crippen LogP contribution in [0.25, 0.3) is 0 Å². The molecule has 0 aromatic heterocycles. The molecule has 0 aliphatic carbocycles. The van der Waals surface area contributed by atoms with Crippen molar-refractivity contribution in [1.82, 2.24) is 5.32 Å². The van der Waals surface area contributed by atoms with Crippen molar-refractivity contribution >= 4 is 0 Å².